The highest BCUT2D eigenvalue weighted by Crippen LogP contribution is 2.24. The highest BCUT2D eigenvalue weighted by Gasteiger charge is 2.23. The van der Waals surface area contributed by atoms with Crippen molar-refractivity contribution >= 4 is 5.97 Å². The van der Waals surface area contributed by atoms with E-state index in [1.807, 2.05) is 30.3 Å². The Hall–Kier alpha value is -3.12. The van der Waals surface area contributed by atoms with E-state index in [4.69, 9.17) is 9.84 Å². The summed E-state index contributed by atoms with van der Waals surface area (Å²) in [7, 11) is 0. The van der Waals surface area contributed by atoms with Crippen LogP contribution >= 0.6 is 0 Å². The molecule has 0 aromatic heterocycles. The molecule has 26 heavy (non-hydrogen) atoms. The minimum absolute atomic E-state index is 0.115. The summed E-state index contributed by atoms with van der Waals surface area (Å²) in [6.07, 6.45) is 0. The van der Waals surface area contributed by atoms with Crippen LogP contribution in [0.3, 0.4) is 0 Å². The van der Waals surface area contributed by atoms with Crippen molar-refractivity contribution in [1.29, 1.82) is 0 Å². The summed E-state index contributed by atoms with van der Waals surface area (Å²) in [6, 6.07) is 16.3. The largest absolute Gasteiger partial charge is 0.423 e. The second-order valence-electron chi connectivity index (χ2n) is 5.45. The van der Waals surface area contributed by atoms with Gasteiger partial charge in [-0.15, -0.1) is 0 Å². The van der Waals surface area contributed by atoms with Crippen molar-refractivity contribution in [3.8, 4) is 16.9 Å². The van der Waals surface area contributed by atoms with Crippen LogP contribution in [-0.2, 0) is 6.61 Å². The highest BCUT2D eigenvalue weighted by molar-refractivity contribution is 5.91. The number of aliphatic hydroxyl groups is 1. The second-order valence-corrected chi connectivity index (χ2v) is 5.45. The van der Waals surface area contributed by atoms with E-state index < -0.39 is 41.2 Å². The fourth-order valence-electron chi connectivity index (χ4n) is 2.45. The molecule has 0 heterocycles. The van der Waals surface area contributed by atoms with Crippen molar-refractivity contribution in [3.63, 3.8) is 0 Å². The van der Waals surface area contributed by atoms with Crippen molar-refractivity contribution in [2.45, 2.75) is 6.61 Å². The van der Waals surface area contributed by atoms with E-state index in [2.05, 4.69) is 0 Å². The van der Waals surface area contributed by atoms with Gasteiger partial charge in [0.2, 0.25) is 0 Å². The van der Waals surface area contributed by atoms with Gasteiger partial charge in [0.1, 0.15) is 11.6 Å². The summed E-state index contributed by atoms with van der Waals surface area (Å²) < 4.78 is 46.0. The monoisotopic (exact) mass is 358 g/mol. The van der Waals surface area contributed by atoms with E-state index in [1.165, 1.54) is 12.1 Å². The number of carbonyl (C=O) groups is 1. The van der Waals surface area contributed by atoms with Gasteiger partial charge in [-0.2, -0.15) is 0 Å². The maximum Gasteiger partial charge on any atom is 0.346 e. The normalized spacial score (nSPS) is 10.6. The van der Waals surface area contributed by atoms with Crippen LogP contribution < -0.4 is 4.74 Å². The first-order valence-electron chi connectivity index (χ1n) is 7.66. The van der Waals surface area contributed by atoms with Crippen molar-refractivity contribution in [1.82, 2.24) is 0 Å². The first-order valence-corrected chi connectivity index (χ1v) is 7.66. The van der Waals surface area contributed by atoms with E-state index in [1.54, 1.807) is 12.1 Å². The summed E-state index contributed by atoms with van der Waals surface area (Å²) in [5, 5.41) is 8.96. The minimum Gasteiger partial charge on any atom is -0.423 e. The third-order valence-corrected chi connectivity index (χ3v) is 3.80. The number of hydrogen-bond donors (Lipinski definition) is 1. The third kappa shape index (κ3) is 3.45. The molecule has 0 fully saturated rings. The van der Waals surface area contributed by atoms with Crippen LogP contribution in [0.2, 0.25) is 0 Å². The Labute approximate surface area is 147 Å². The number of rotatable bonds is 4. The summed E-state index contributed by atoms with van der Waals surface area (Å²) in [5.74, 6) is -5.40. The smallest absolute Gasteiger partial charge is 0.346 e. The van der Waals surface area contributed by atoms with Gasteiger partial charge in [0.05, 0.1) is 17.7 Å². The molecule has 3 aromatic rings. The fraction of sp³-hybridized carbons (Fsp3) is 0.0500. The first-order chi connectivity index (χ1) is 12.5. The molecule has 0 saturated heterocycles. The highest BCUT2D eigenvalue weighted by atomic mass is 19.2. The molecule has 3 rings (SSSR count). The van der Waals surface area contributed by atoms with Crippen molar-refractivity contribution in [2.75, 3.05) is 0 Å². The number of halogens is 3. The third-order valence-electron chi connectivity index (χ3n) is 3.80. The Balaban J connectivity index is 1.84. The molecule has 3 nitrogen and oxygen atoms in total. The molecule has 0 atom stereocenters. The SMILES string of the molecule is O=C(Oc1ccc(-c2ccccc2)cc1)c1cc(F)c(F)c(CO)c1F. The summed E-state index contributed by atoms with van der Waals surface area (Å²) in [6.45, 7) is -1.08. The molecule has 0 radical (unpaired) electrons. The van der Waals surface area contributed by atoms with Crippen molar-refractivity contribution < 1.29 is 27.8 Å². The van der Waals surface area contributed by atoms with E-state index in [0.717, 1.165) is 11.1 Å². The zero-order valence-corrected chi connectivity index (χ0v) is 13.4. The molecule has 0 spiro atoms. The predicted octanol–water partition coefficient (Wildman–Crippen LogP) is 4.48. The molecule has 6 heteroatoms. The summed E-state index contributed by atoms with van der Waals surface area (Å²) in [5.41, 5.74) is 0.132. The second kappa shape index (κ2) is 7.41. The van der Waals surface area contributed by atoms with Crippen molar-refractivity contribution in [3.05, 3.63) is 89.2 Å². The Bertz CT molecular complexity index is 939. The van der Waals surface area contributed by atoms with Gasteiger partial charge in [-0.25, -0.2) is 18.0 Å². The lowest BCUT2D eigenvalue weighted by Gasteiger charge is -2.09. The van der Waals surface area contributed by atoms with Crippen molar-refractivity contribution in [2.24, 2.45) is 0 Å². The van der Waals surface area contributed by atoms with Gasteiger partial charge in [-0.1, -0.05) is 42.5 Å². The average Bonchev–Trinajstić information content (AvgIpc) is 2.66. The van der Waals surface area contributed by atoms with E-state index in [-0.39, 0.29) is 5.75 Å². The molecule has 132 valence electrons. The molecule has 0 aliphatic heterocycles. The van der Waals surface area contributed by atoms with Gasteiger partial charge >= 0.3 is 5.97 Å². The van der Waals surface area contributed by atoms with Gasteiger partial charge in [-0.3, -0.25) is 0 Å². The van der Waals surface area contributed by atoms with Gasteiger partial charge in [-0.05, 0) is 29.3 Å². The lowest BCUT2D eigenvalue weighted by molar-refractivity contribution is 0.0728. The topological polar surface area (TPSA) is 46.5 Å². The number of esters is 1. The van der Waals surface area contributed by atoms with Gasteiger partial charge in [0.25, 0.3) is 0 Å². The lowest BCUT2D eigenvalue weighted by Crippen LogP contribution is -2.14. The number of ether oxygens (including phenoxy) is 1. The van der Waals surface area contributed by atoms with Crippen LogP contribution in [0.1, 0.15) is 15.9 Å². The van der Waals surface area contributed by atoms with E-state index in [0.29, 0.717) is 6.07 Å². The van der Waals surface area contributed by atoms with Gasteiger partial charge in [0.15, 0.2) is 11.6 Å². The predicted molar refractivity (Wildman–Crippen MR) is 89.1 cm³/mol. The van der Waals surface area contributed by atoms with Crippen LogP contribution in [0, 0.1) is 17.5 Å². The molecule has 0 aliphatic carbocycles. The Kier molecular flexibility index (Phi) is 5.04. The lowest BCUT2D eigenvalue weighted by atomic mass is 10.1. The molecular weight excluding hydrogens is 345 g/mol. The van der Waals surface area contributed by atoms with Crippen LogP contribution in [-0.4, -0.2) is 11.1 Å². The maximum absolute atomic E-state index is 14.1. The molecule has 0 unspecified atom stereocenters. The number of benzene rings is 3. The Morgan fingerprint density at radius 3 is 2.12 bits per heavy atom. The molecular formula is C20H13F3O3. The molecule has 0 amide bonds. The number of carbonyl (C=O) groups excluding carboxylic acids is 1. The molecule has 0 saturated carbocycles. The summed E-state index contributed by atoms with van der Waals surface area (Å²) in [4.78, 5) is 12.1. The quantitative estimate of drug-likeness (QED) is 0.425. The van der Waals surface area contributed by atoms with E-state index >= 15 is 0 Å². The average molecular weight is 358 g/mol. The fourth-order valence-corrected chi connectivity index (χ4v) is 2.45. The van der Waals surface area contributed by atoms with E-state index in [9.17, 15) is 18.0 Å². The van der Waals surface area contributed by atoms with Crippen LogP contribution in [0.4, 0.5) is 13.2 Å². The minimum atomic E-state index is -1.53. The molecule has 0 bridgehead atoms. The van der Waals surface area contributed by atoms with Crippen LogP contribution in [0.15, 0.2) is 60.7 Å². The molecule has 0 aliphatic rings. The first kappa shape index (κ1) is 17.7. The van der Waals surface area contributed by atoms with Crippen LogP contribution in [0.5, 0.6) is 5.75 Å². The van der Waals surface area contributed by atoms with Crippen LogP contribution in [0.25, 0.3) is 11.1 Å². The zero-order valence-electron chi connectivity index (χ0n) is 13.4. The van der Waals surface area contributed by atoms with Gasteiger partial charge < -0.3 is 9.84 Å². The summed E-state index contributed by atoms with van der Waals surface area (Å²) >= 11 is 0. The van der Waals surface area contributed by atoms with Gasteiger partial charge in [0, 0.05) is 0 Å². The molecule has 3 aromatic carbocycles. The standard InChI is InChI=1S/C20H13F3O3/c21-17-10-15(18(22)16(11-24)19(17)23)20(25)26-14-8-6-13(7-9-14)12-4-2-1-3-5-12/h1-10,24H,11H2. The maximum atomic E-state index is 14.1. The number of aliphatic hydroxyl groups excluding tert-OH is 1. The Morgan fingerprint density at radius 2 is 1.50 bits per heavy atom. The number of hydrogen-bond acceptors (Lipinski definition) is 3. The Morgan fingerprint density at radius 1 is 0.885 bits per heavy atom. The molecule has 1 N–H and O–H groups in total. The zero-order chi connectivity index (χ0) is 18.7.